The molecule has 8 nitrogen and oxygen atoms in total. The maximum Gasteiger partial charge on any atom is 0.224 e. The molecule has 0 saturated heterocycles. The van der Waals surface area contributed by atoms with E-state index in [9.17, 15) is 4.79 Å². The second-order valence-corrected chi connectivity index (χ2v) is 9.19. The predicted octanol–water partition coefficient (Wildman–Crippen LogP) is 5.21. The Bertz CT molecular complexity index is 1370. The Kier molecular flexibility index (Phi) is 10.1. The van der Waals surface area contributed by atoms with Crippen molar-refractivity contribution in [2.45, 2.75) is 38.6 Å². The average molecular weight is 532 g/mol. The highest BCUT2D eigenvalue weighted by molar-refractivity contribution is 5.79. The van der Waals surface area contributed by atoms with Crippen LogP contribution in [0.4, 0.5) is 0 Å². The van der Waals surface area contributed by atoms with Crippen molar-refractivity contribution in [1.82, 2.24) is 14.9 Å². The fourth-order valence-corrected chi connectivity index (χ4v) is 4.57. The van der Waals surface area contributed by atoms with Gasteiger partial charge in [-0.25, -0.2) is 4.98 Å². The van der Waals surface area contributed by atoms with Crippen LogP contribution in [-0.4, -0.2) is 49.9 Å². The van der Waals surface area contributed by atoms with Gasteiger partial charge < -0.3 is 28.8 Å². The van der Waals surface area contributed by atoms with Gasteiger partial charge in [-0.05, 0) is 61.2 Å². The number of aryl methyl sites for hydroxylation is 2. The Labute approximate surface area is 229 Å². The number of imidazole rings is 1. The Balaban J connectivity index is 1.26. The molecule has 0 aliphatic rings. The Hall–Kier alpha value is -4.20. The van der Waals surface area contributed by atoms with Crippen molar-refractivity contribution in [1.29, 1.82) is 0 Å². The fourth-order valence-electron chi connectivity index (χ4n) is 4.57. The van der Waals surface area contributed by atoms with Gasteiger partial charge in [-0.2, -0.15) is 0 Å². The molecule has 1 heterocycles. The van der Waals surface area contributed by atoms with Crippen LogP contribution >= 0.6 is 0 Å². The maximum absolute atomic E-state index is 12.5. The lowest BCUT2D eigenvalue weighted by Crippen LogP contribution is -2.26. The van der Waals surface area contributed by atoms with Crippen molar-refractivity contribution in [2.75, 3.05) is 34.5 Å². The number of carbonyl (C=O) groups is 1. The molecule has 4 aromatic rings. The molecule has 206 valence electrons. The van der Waals surface area contributed by atoms with Gasteiger partial charge in [0.1, 0.15) is 5.82 Å². The molecule has 0 radical (unpaired) electrons. The van der Waals surface area contributed by atoms with Crippen molar-refractivity contribution in [2.24, 2.45) is 0 Å². The number of nitrogens with one attached hydrogen (secondary N) is 1. The maximum atomic E-state index is 12.5. The number of benzene rings is 3. The molecule has 0 bridgehead atoms. The minimum Gasteiger partial charge on any atom is -0.493 e. The summed E-state index contributed by atoms with van der Waals surface area (Å²) in [4.78, 5) is 17.4. The van der Waals surface area contributed by atoms with E-state index in [1.165, 1.54) is 0 Å². The number of unbranched alkanes of at least 4 members (excludes halogenated alkanes) is 1. The SMILES string of the molecule is COc1ccc(CC(=O)NCCCc2nc3ccccc3n2CCCCOc2ccccc2OC)cc1OC. The molecule has 0 aliphatic carbocycles. The lowest BCUT2D eigenvalue weighted by atomic mass is 10.1. The minimum absolute atomic E-state index is 0.0224. The van der Waals surface area contributed by atoms with Crippen LogP contribution < -0.4 is 24.3 Å². The number of nitrogens with zero attached hydrogens (tertiary/aromatic N) is 2. The van der Waals surface area contributed by atoms with Gasteiger partial charge in [0.25, 0.3) is 0 Å². The number of aromatic nitrogens is 2. The third kappa shape index (κ3) is 7.44. The molecule has 0 fully saturated rings. The minimum atomic E-state index is -0.0224. The monoisotopic (exact) mass is 531 g/mol. The van der Waals surface area contributed by atoms with Gasteiger partial charge in [0.15, 0.2) is 23.0 Å². The molecule has 1 aromatic heterocycles. The van der Waals surface area contributed by atoms with Gasteiger partial charge in [0, 0.05) is 19.5 Å². The zero-order valence-corrected chi connectivity index (χ0v) is 22.9. The topological polar surface area (TPSA) is 83.8 Å². The lowest BCUT2D eigenvalue weighted by Gasteiger charge is -2.12. The number of ether oxygens (including phenoxy) is 4. The van der Waals surface area contributed by atoms with E-state index in [1.807, 2.05) is 60.7 Å². The summed E-state index contributed by atoms with van der Waals surface area (Å²) in [5, 5.41) is 3.03. The number of fused-ring (bicyclic) bond motifs is 1. The number of amides is 1. The van der Waals surface area contributed by atoms with Gasteiger partial charge in [0.05, 0.1) is 45.4 Å². The van der Waals surface area contributed by atoms with Crippen molar-refractivity contribution < 1.29 is 23.7 Å². The smallest absolute Gasteiger partial charge is 0.224 e. The second kappa shape index (κ2) is 14.1. The first-order chi connectivity index (χ1) is 19.1. The first-order valence-corrected chi connectivity index (χ1v) is 13.3. The lowest BCUT2D eigenvalue weighted by molar-refractivity contribution is -0.120. The fraction of sp³-hybridized carbons (Fsp3) is 0.355. The molecule has 0 aliphatic heterocycles. The highest BCUT2D eigenvalue weighted by atomic mass is 16.5. The zero-order chi connectivity index (χ0) is 27.5. The summed E-state index contributed by atoms with van der Waals surface area (Å²) in [6.45, 7) is 2.06. The summed E-state index contributed by atoms with van der Waals surface area (Å²) < 4.78 is 24.2. The van der Waals surface area contributed by atoms with Crippen molar-refractivity contribution in [3.05, 3.63) is 78.1 Å². The Morgan fingerprint density at radius 2 is 1.54 bits per heavy atom. The highest BCUT2D eigenvalue weighted by Crippen LogP contribution is 2.28. The van der Waals surface area contributed by atoms with Gasteiger partial charge in [-0.3, -0.25) is 4.79 Å². The van der Waals surface area contributed by atoms with Crippen LogP contribution in [0.2, 0.25) is 0 Å². The van der Waals surface area contributed by atoms with Gasteiger partial charge >= 0.3 is 0 Å². The molecule has 0 saturated carbocycles. The molecule has 8 heteroatoms. The van der Waals surface area contributed by atoms with Crippen LogP contribution in [0.1, 0.15) is 30.7 Å². The number of hydrogen-bond donors (Lipinski definition) is 1. The quantitative estimate of drug-likeness (QED) is 0.212. The van der Waals surface area contributed by atoms with Gasteiger partial charge in [-0.15, -0.1) is 0 Å². The van der Waals surface area contributed by atoms with E-state index in [-0.39, 0.29) is 12.3 Å². The Morgan fingerprint density at radius 1 is 0.821 bits per heavy atom. The average Bonchev–Trinajstić information content (AvgIpc) is 3.32. The molecule has 1 N–H and O–H groups in total. The zero-order valence-electron chi connectivity index (χ0n) is 22.9. The summed E-state index contributed by atoms with van der Waals surface area (Å²) in [6.07, 6.45) is 3.75. The third-order valence-electron chi connectivity index (χ3n) is 6.55. The molecular formula is C31H37N3O5. The second-order valence-electron chi connectivity index (χ2n) is 9.19. The van der Waals surface area contributed by atoms with Crippen molar-refractivity contribution >= 4 is 16.9 Å². The standard InChI is InChI=1S/C31H37N3O5/c1-36-26-13-6-7-14-28(26)39-20-9-8-19-34-25-12-5-4-11-24(25)33-30(34)15-10-18-32-31(35)22-23-16-17-27(37-2)29(21-23)38-3/h4-7,11-14,16-17,21H,8-10,15,18-20,22H2,1-3H3,(H,32,35). The summed E-state index contributed by atoms with van der Waals surface area (Å²) in [5.41, 5.74) is 3.01. The first-order valence-electron chi connectivity index (χ1n) is 13.3. The third-order valence-corrected chi connectivity index (χ3v) is 6.55. The van der Waals surface area contributed by atoms with E-state index in [1.54, 1.807) is 21.3 Å². The van der Waals surface area contributed by atoms with E-state index < -0.39 is 0 Å². The number of hydrogen-bond acceptors (Lipinski definition) is 6. The van der Waals surface area contributed by atoms with Crippen LogP contribution in [0, 0.1) is 0 Å². The molecule has 0 unspecified atom stereocenters. The summed E-state index contributed by atoms with van der Waals surface area (Å²) in [7, 11) is 4.83. The van der Waals surface area contributed by atoms with E-state index >= 15 is 0 Å². The van der Waals surface area contributed by atoms with Crippen LogP contribution in [0.25, 0.3) is 11.0 Å². The summed E-state index contributed by atoms with van der Waals surface area (Å²) in [5.74, 6) is 3.79. The van der Waals surface area contributed by atoms with Crippen LogP contribution in [0.5, 0.6) is 23.0 Å². The molecule has 1 amide bonds. The molecule has 39 heavy (non-hydrogen) atoms. The highest BCUT2D eigenvalue weighted by Gasteiger charge is 2.12. The molecular weight excluding hydrogens is 494 g/mol. The molecule has 0 spiro atoms. The molecule has 4 rings (SSSR count). The van der Waals surface area contributed by atoms with E-state index in [0.29, 0.717) is 24.7 Å². The van der Waals surface area contributed by atoms with Crippen molar-refractivity contribution in [3.63, 3.8) is 0 Å². The number of para-hydroxylation sites is 4. The van der Waals surface area contributed by atoms with Crippen molar-refractivity contribution in [3.8, 4) is 23.0 Å². The summed E-state index contributed by atoms with van der Waals surface area (Å²) in [6, 6.07) is 21.4. The van der Waals surface area contributed by atoms with Crippen LogP contribution in [-0.2, 0) is 24.2 Å². The molecule has 0 atom stereocenters. The predicted molar refractivity (Wildman–Crippen MR) is 152 cm³/mol. The van der Waals surface area contributed by atoms with Gasteiger partial charge in [-0.1, -0.05) is 30.3 Å². The summed E-state index contributed by atoms with van der Waals surface area (Å²) >= 11 is 0. The van der Waals surface area contributed by atoms with Gasteiger partial charge in [0.2, 0.25) is 5.91 Å². The number of carbonyl (C=O) groups excluding carboxylic acids is 1. The van der Waals surface area contributed by atoms with Crippen LogP contribution in [0.15, 0.2) is 66.7 Å². The van der Waals surface area contributed by atoms with E-state index in [0.717, 1.165) is 66.1 Å². The molecule has 3 aromatic carbocycles. The largest absolute Gasteiger partial charge is 0.493 e. The number of methoxy groups -OCH3 is 3. The van der Waals surface area contributed by atoms with Crippen LogP contribution in [0.3, 0.4) is 0 Å². The normalized spacial score (nSPS) is 10.8. The first kappa shape index (κ1) is 27.8. The Morgan fingerprint density at radius 3 is 2.33 bits per heavy atom. The number of rotatable bonds is 15. The van der Waals surface area contributed by atoms with E-state index in [2.05, 4.69) is 16.0 Å². The van der Waals surface area contributed by atoms with E-state index in [4.69, 9.17) is 23.9 Å².